The van der Waals surface area contributed by atoms with E-state index in [2.05, 4.69) is 19.2 Å². The number of hydrogen-bond acceptors (Lipinski definition) is 4. The summed E-state index contributed by atoms with van der Waals surface area (Å²) in [4.78, 5) is 26.9. The largest absolute Gasteiger partial charge is 0.494 e. The smallest absolute Gasteiger partial charge is 0.270 e. The lowest BCUT2D eigenvalue weighted by Gasteiger charge is -2.29. The zero-order valence-electron chi connectivity index (χ0n) is 17.3. The van der Waals surface area contributed by atoms with Gasteiger partial charge in [-0.05, 0) is 91.1 Å². The van der Waals surface area contributed by atoms with Crippen LogP contribution in [0.1, 0.15) is 43.4 Å². The number of halogens is 1. The molecule has 3 rings (SSSR count). The van der Waals surface area contributed by atoms with Gasteiger partial charge in [0.05, 0.1) is 12.3 Å². The summed E-state index contributed by atoms with van der Waals surface area (Å²) in [5.74, 6) is -0.568. The second-order valence-electron chi connectivity index (χ2n) is 7.27. The van der Waals surface area contributed by atoms with Gasteiger partial charge in [0, 0.05) is 0 Å². The fraction of sp³-hybridized carbons (Fsp3) is 0.261. The van der Waals surface area contributed by atoms with Crippen molar-refractivity contribution in [2.24, 2.45) is 0 Å². The van der Waals surface area contributed by atoms with Gasteiger partial charge in [-0.3, -0.25) is 19.8 Å². The van der Waals surface area contributed by atoms with E-state index >= 15 is 0 Å². The number of anilines is 1. The Hall–Kier alpha value is -3.06. The molecule has 1 heterocycles. The number of hydrogen-bond donors (Lipinski definition) is 1. The number of nitrogens with zero attached hydrogens (tertiary/aromatic N) is 1. The Balaban J connectivity index is 2.06. The predicted octanol–water partition coefficient (Wildman–Crippen LogP) is 4.49. The van der Waals surface area contributed by atoms with Gasteiger partial charge in [-0.2, -0.15) is 0 Å². The monoisotopic (exact) mass is 426 g/mol. The molecule has 2 aromatic carbocycles. The van der Waals surface area contributed by atoms with Crippen molar-refractivity contribution in [2.45, 2.75) is 33.6 Å². The molecule has 0 unspecified atom stereocenters. The third kappa shape index (κ3) is 4.26. The van der Waals surface area contributed by atoms with E-state index in [-0.39, 0.29) is 16.6 Å². The minimum absolute atomic E-state index is 0.0416. The Kier molecular flexibility index (Phi) is 6.31. The van der Waals surface area contributed by atoms with Crippen molar-refractivity contribution < 1.29 is 18.7 Å². The highest BCUT2D eigenvalue weighted by molar-refractivity contribution is 7.80. The summed E-state index contributed by atoms with van der Waals surface area (Å²) in [6.07, 6.45) is 1.56. The van der Waals surface area contributed by atoms with Crippen molar-refractivity contribution in [3.8, 4) is 5.75 Å². The Morgan fingerprint density at radius 3 is 2.47 bits per heavy atom. The molecule has 0 aromatic heterocycles. The molecule has 1 aliphatic heterocycles. The number of thiocarbonyl (C=S) groups is 1. The first-order valence-electron chi connectivity index (χ1n) is 9.67. The van der Waals surface area contributed by atoms with E-state index < -0.39 is 17.6 Å². The zero-order valence-corrected chi connectivity index (χ0v) is 18.1. The van der Waals surface area contributed by atoms with E-state index in [9.17, 15) is 14.0 Å². The summed E-state index contributed by atoms with van der Waals surface area (Å²) in [5.41, 5.74) is 2.94. The first kappa shape index (κ1) is 21.6. The maximum atomic E-state index is 13.3. The lowest BCUT2D eigenvalue weighted by molar-refractivity contribution is -0.122. The molecule has 0 atom stereocenters. The van der Waals surface area contributed by atoms with Crippen LogP contribution >= 0.6 is 12.2 Å². The van der Waals surface area contributed by atoms with E-state index in [0.717, 1.165) is 22.4 Å². The molecular formula is C23H23FN2O3S. The van der Waals surface area contributed by atoms with Crippen molar-refractivity contribution in [3.05, 3.63) is 64.5 Å². The molecule has 5 nitrogen and oxygen atoms in total. The number of aryl methyl sites for hydroxylation is 1. The Morgan fingerprint density at radius 2 is 1.87 bits per heavy atom. The first-order chi connectivity index (χ1) is 14.2. The van der Waals surface area contributed by atoms with E-state index in [1.54, 1.807) is 6.08 Å². The van der Waals surface area contributed by atoms with Crippen LogP contribution in [0.15, 0.2) is 42.0 Å². The van der Waals surface area contributed by atoms with Gasteiger partial charge in [-0.25, -0.2) is 4.39 Å². The standard InChI is InChI=1S/C23H23FN2O3S/c1-5-29-20-10-14(4)15(11-18(20)13(2)3)12-19-21(27)25-23(30)26(22(19)28)17-8-6-16(24)7-9-17/h6-13H,5H2,1-4H3,(H,25,27,30)/b19-12+. The molecule has 7 heteroatoms. The van der Waals surface area contributed by atoms with Crippen molar-refractivity contribution in [3.63, 3.8) is 0 Å². The van der Waals surface area contributed by atoms with E-state index in [1.165, 1.54) is 29.2 Å². The van der Waals surface area contributed by atoms with Gasteiger partial charge in [-0.15, -0.1) is 0 Å². The van der Waals surface area contributed by atoms with Crippen molar-refractivity contribution in [1.29, 1.82) is 0 Å². The highest BCUT2D eigenvalue weighted by atomic mass is 32.1. The molecule has 1 fully saturated rings. The van der Waals surface area contributed by atoms with Crippen LogP contribution in [0.2, 0.25) is 0 Å². The van der Waals surface area contributed by atoms with Gasteiger partial charge < -0.3 is 4.74 Å². The third-order valence-electron chi connectivity index (χ3n) is 4.81. The zero-order chi connectivity index (χ0) is 22.0. The number of nitrogens with one attached hydrogen (secondary N) is 1. The quantitative estimate of drug-likeness (QED) is 0.435. The van der Waals surface area contributed by atoms with Crippen LogP contribution in [0.5, 0.6) is 5.75 Å². The Bertz CT molecular complexity index is 1050. The number of ether oxygens (including phenoxy) is 1. The molecule has 0 spiro atoms. The Morgan fingerprint density at radius 1 is 1.20 bits per heavy atom. The average molecular weight is 427 g/mol. The van der Waals surface area contributed by atoms with E-state index in [0.29, 0.717) is 12.3 Å². The van der Waals surface area contributed by atoms with Crippen LogP contribution in [0.25, 0.3) is 6.08 Å². The summed E-state index contributed by atoms with van der Waals surface area (Å²) in [5, 5.41) is 2.50. The first-order valence-corrected chi connectivity index (χ1v) is 10.1. The molecule has 0 bridgehead atoms. The molecule has 0 radical (unpaired) electrons. The summed E-state index contributed by atoms with van der Waals surface area (Å²) in [6.45, 7) is 8.47. The average Bonchev–Trinajstić information content (AvgIpc) is 2.67. The molecule has 30 heavy (non-hydrogen) atoms. The second-order valence-corrected chi connectivity index (χ2v) is 7.66. The fourth-order valence-electron chi connectivity index (χ4n) is 3.24. The topological polar surface area (TPSA) is 58.6 Å². The number of carbonyl (C=O) groups excluding carboxylic acids is 2. The molecule has 1 saturated heterocycles. The second kappa shape index (κ2) is 8.75. The van der Waals surface area contributed by atoms with Gasteiger partial charge in [0.15, 0.2) is 5.11 Å². The lowest BCUT2D eigenvalue weighted by Crippen LogP contribution is -2.54. The molecule has 0 aliphatic carbocycles. The van der Waals surface area contributed by atoms with E-state index in [1.807, 2.05) is 26.0 Å². The minimum Gasteiger partial charge on any atom is -0.494 e. The molecule has 1 N–H and O–H groups in total. The normalized spacial score (nSPS) is 15.7. The summed E-state index contributed by atoms with van der Waals surface area (Å²) in [6, 6.07) is 9.20. The summed E-state index contributed by atoms with van der Waals surface area (Å²) < 4.78 is 19.0. The maximum Gasteiger partial charge on any atom is 0.270 e. The predicted molar refractivity (Wildman–Crippen MR) is 119 cm³/mol. The molecule has 1 aliphatic rings. The molecule has 156 valence electrons. The van der Waals surface area contributed by atoms with Crippen molar-refractivity contribution >= 4 is 40.9 Å². The van der Waals surface area contributed by atoms with Crippen molar-refractivity contribution in [1.82, 2.24) is 5.32 Å². The number of rotatable bonds is 5. The molecular weight excluding hydrogens is 403 g/mol. The van der Waals surface area contributed by atoms with Gasteiger partial charge in [0.1, 0.15) is 17.1 Å². The molecule has 2 amide bonds. The van der Waals surface area contributed by atoms with E-state index in [4.69, 9.17) is 17.0 Å². The minimum atomic E-state index is -0.567. The number of carbonyl (C=O) groups is 2. The highest BCUT2D eigenvalue weighted by Gasteiger charge is 2.34. The summed E-state index contributed by atoms with van der Waals surface area (Å²) >= 11 is 5.18. The van der Waals surface area contributed by atoms with Crippen molar-refractivity contribution in [2.75, 3.05) is 11.5 Å². The summed E-state index contributed by atoms with van der Waals surface area (Å²) in [7, 11) is 0. The van der Waals surface area contributed by atoms with Gasteiger partial charge >= 0.3 is 0 Å². The third-order valence-corrected chi connectivity index (χ3v) is 5.09. The number of benzene rings is 2. The maximum absolute atomic E-state index is 13.3. The van der Waals surface area contributed by atoms with Crippen LogP contribution in [-0.2, 0) is 9.59 Å². The SMILES string of the molecule is CCOc1cc(C)c(/C=C2\C(=O)NC(=S)N(c3ccc(F)cc3)C2=O)cc1C(C)C. The van der Waals surface area contributed by atoms with Gasteiger partial charge in [-0.1, -0.05) is 13.8 Å². The lowest BCUT2D eigenvalue weighted by atomic mass is 9.95. The van der Waals surface area contributed by atoms with Crippen LogP contribution in [0.3, 0.4) is 0 Å². The van der Waals surface area contributed by atoms with Gasteiger partial charge in [0.25, 0.3) is 11.8 Å². The molecule has 2 aromatic rings. The number of amides is 2. The Labute approximate surface area is 180 Å². The van der Waals surface area contributed by atoms with Crippen LogP contribution in [0, 0.1) is 12.7 Å². The molecule has 0 saturated carbocycles. The van der Waals surface area contributed by atoms with Crippen LogP contribution in [-0.4, -0.2) is 23.5 Å². The highest BCUT2D eigenvalue weighted by Crippen LogP contribution is 2.31. The van der Waals surface area contributed by atoms with Crippen LogP contribution < -0.4 is 15.0 Å². The fourth-order valence-corrected chi connectivity index (χ4v) is 3.52. The van der Waals surface area contributed by atoms with Gasteiger partial charge in [0.2, 0.25) is 0 Å². The van der Waals surface area contributed by atoms with Crippen LogP contribution in [0.4, 0.5) is 10.1 Å².